The topological polar surface area (TPSA) is 49.8 Å². The molecule has 2 aromatic rings. The summed E-state index contributed by atoms with van der Waals surface area (Å²) in [7, 11) is 0. The van der Waals surface area contributed by atoms with Gasteiger partial charge in [0.05, 0.1) is 5.56 Å². The SMILES string of the molecule is N#Cc1ccc(Cl)cc1S[C@H](CCN)c1ccccc1. The van der Waals surface area contributed by atoms with Gasteiger partial charge in [0.25, 0.3) is 0 Å². The van der Waals surface area contributed by atoms with Gasteiger partial charge in [0.15, 0.2) is 0 Å². The average molecular weight is 303 g/mol. The zero-order chi connectivity index (χ0) is 14.4. The summed E-state index contributed by atoms with van der Waals surface area (Å²) in [4.78, 5) is 0.905. The Balaban J connectivity index is 2.29. The Morgan fingerprint density at radius 3 is 2.60 bits per heavy atom. The lowest BCUT2D eigenvalue weighted by Crippen LogP contribution is -2.05. The molecule has 2 nitrogen and oxygen atoms in total. The second-order valence-corrected chi connectivity index (χ2v) is 6.03. The van der Waals surface area contributed by atoms with Crippen molar-refractivity contribution >= 4 is 23.4 Å². The summed E-state index contributed by atoms with van der Waals surface area (Å²) >= 11 is 7.68. The van der Waals surface area contributed by atoms with E-state index < -0.39 is 0 Å². The van der Waals surface area contributed by atoms with Crippen LogP contribution < -0.4 is 5.73 Å². The number of nitrogens with two attached hydrogens (primary N) is 1. The van der Waals surface area contributed by atoms with Crippen molar-refractivity contribution in [2.45, 2.75) is 16.6 Å². The van der Waals surface area contributed by atoms with Crippen LogP contribution in [0.2, 0.25) is 5.02 Å². The van der Waals surface area contributed by atoms with E-state index in [0.717, 1.165) is 11.3 Å². The number of benzene rings is 2. The molecular weight excluding hydrogens is 288 g/mol. The molecular formula is C16H15ClN2S. The van der Waals surface area contributed by atoms with E-state index >= 15 is 0 Å². The van der Waals surface area contributed by atoms with Crippen molar-refractivity contribution in [2.24, 2.45) is 5.73 Å². The monoisotopic (exact) mass is 302 g/mol. The predicted octanol–water partition coefficient (Wildman–Crippen LogP) is 4.39. The van der Waals surface area contributed by atoms with Crippen molar-refractivity contribution in [1.29, 1.82) is 5.26 Å². The van der Waals surface area contributed by atoms with Gasteiger partial charge in [0, 0.05) is 15.2 Å². The van der Waals surface area contributed by atoms with E-state index in [1.54, 1.807) is 23.9 Å². The molecule has 2 rings (SSSR count). The molecule has 0 radical (unpaired) electrons. The Labute approximate surface area is 128 Å². The fourth-order valence-electron chi connectivity index (χ4n) is 1.95. The molecule has 2 aromatic carbocycles. The van der Waals surface area contributed by atoms with Crippen LogP contribution in [0.1, 0.15) is 22.8 Å². The number of hydrogen-bond acceptors (Lipinski definition) is 3. The highest BCUT2D eigenvalue weighted by molar-refractivity contribution is 7.99. The molecule has 1 atom stereocenters. The van der Waals surface area contributed by atoms with Crippen LogP contribution in [0.15, 0.2) is 53.4 Å². The Hall–Kier alpha value is -1.47. The van der Waals surface area contributed by atoms with E-state index in [1.807, 2.05) is 24.3 Å². The summed E-state index contributed by atoms with van der Waals surface area (Å²) in [5, 5.41) is 10.1. The first-order chi connectivity index (χ1) is 9.74. The molecule has 0 bridgehead atoms. The fourth-order valence-corrected chi connectivity index (χ4v) is 3.48. The minimum Gasteiger partial charge on any atom is -0.330 e. The normalized spacial score (nSPS) is 11.8. The zero-order valence-electron chi connectivity index (χ0n) is 10.9. The number of nitriles is 1. The van der Waals surface area contributed by atoms with Gasteiger partial charge in [-0.05, 0) is 36.7 Å². The summed E-state index contributed by atoms with van der Waals surface area (Å²) < 4.78 is 0. The second kappa shape index (κ2) is 7.35. The van der Waals surface area contributed by atoms with Gasteiger partial charge in [0.1, 0.15) is 6.07 Å². The van der Waals surface area contributed by atoms with Crippen molar-refractivity contribution in [1.82, 2.24) is 0 Å². The third kappa shape index (κ3) is 3.77. The van der Waals surface area contributed by atoms with Crippen LogP contribution in [0.3, 0.4) is 0 Å². The van der Waals surface area contributed by atoms with Gasteiger partial charge in [-0.2, -0.15) is 5.26 Å². The number of nitrogens with zero attached hydrogens (tertiary/aromatic N) is 1. The molecule has 20 heavy (non-hydrogen) atoms. The van der Waals surface area contributed by atoms with Crippen LogP contribution in [0.5, 0.6) is 0 Å². The van der Waals surface area contributed by atoms with Gasteiger partial charge in [-0.25, -0.2) is 0 Å². The molecule has 4 heteroatoms. The van der Waals surface area contributed by atoms with E-state index in [1.165, 1.54) is 5.56 Å². The van der Waals surface area contributed by atoms with Crippen molar-refractivity contribution in [3.63, 3.8) is 0 Å². The lowest BCUT2D eigenvalue weighted by molar-refractivity contribution is 0.814. The van der Waals surface area contributed by atoms with E-state index in [0.29, 0.717) is 17.1 Å². The lowest BCUT2D eigenvalue weighted by atomic mass is 10.1. The quantitative estimate of drug-likeness (QED) is 0.833. The molecule has 102 valence electrons. The fraction of sp³-hybridized carbons (Fsp3) is 0.188. The van der Waals surface area contributed by atoms with Crippen LogP contribution in [0.25, 0.3) is 0 Å². The molecule has 0 unspecified atom stereocenters. The van der Waals surface area contributed by atoms with Gasteiger partial charge in [-0.15, -0.1) is 11.8 Å². The van der Waals surface area contributed by atoms with Gasteiger partial charge < -0.3 is 5.73 Å². The third-order valence-electron chi connectivity index (χ3n) is 2.93. The van der Waals surface area contributed by atoms with Crippen LogP contribution in [0, 0.1) is 11.3 Å². The maximum atomic E-state index is 9.19. The largest absolute Gasteiger partial charge is 0.330 e. The van der Waals surface area contributed by atoms with Gasteiger partial charge in [0.2, 0.25) is 0 Å². The highest BCUT2D eigenvalue weighted by Crippen LogP contribution is 2.39. The minimum absolute atomic E-state index is 0.228. The van der Waals surface area contributed by atoms with Crippen molar-refractivity contribution in [3.05, 3.63) is 64.7 Å². The van der Waals surface area contributed by atoms with E-state index in [2.05, 4.69) is 18.2 Å². The summed E-state index contributed by atoms with van der Waals surface area (Å²) in [6, 6.07) is 17.8. The molecule has 2 N–H and O–H groups in total. The predicted molar refractivity (Wildman–Crippen MR) is 84.9 cm³/mol. The van der Waals surface area contributed by atoms with Crippen LogP contribution in [0.4, 0.5) is 0 Å². The highest BCUT2D eigenvalue weighted by atomic mass is 35.5. The number of thioether (sulfide) groups is 1. The molecule has 0 aromatic heterocycles. The minimum atomic E-state index is 0.228. The molecule has 0 saturated heterocycles. The molecule has 0 aliphatic heterocycles. The summed E-state index contributed by atoms with van der Waals surface area (Å²) in [5.74, 6) is 0. The van der Waals surface area contributed by atoms with Gasteiger partial charge in [-0.1, -0.05) is 41.9 Å². The van der Waals surface area contributed by atoms with E-state index in [4.69, 9.17) is 17.3 Å². The number of rotatable bonds is 5. The maximum Gasteiger partial charge on any atom is 0.100 e. The maximum absolute atomic E-state index is 9.19. The van der Waals surface area contributed by atoms with Gasteiger partial charge >= 0.3 is 0 Å². The third-order valence-corrected chi connectivity index (χ3v) is 4.55. The molecule has 0 heterocycles. The van der Waals surface area contributed by atoms with Crippen LogP contribution in [-0.2, 0) is 0 Å². The molecule has 0 fully saturated rings. The molecule has 0 saturated carbocycles. The number of halogens is 1. The number of hydrogen-bond donors (Lipinski definition) is 1. The van der Waals surface area contributed by atoms with Crippen molar-refractivity contribution in [2.75, 3.05) is 6.54 Å². The first-order valence-corrected chi connectivity index (χ1v) is 7.61. The van der Waals surface area contributed by atoms with Crippen LogP contribution in [-0.4, -0.2) is 6.54 Å². The molecule has 0 spiro atoms. The summed E-state index contributed by atoms with van der Waals surface area (Å²) in [6.45, 7) is 0.606. The Morgan fingerprint density at radius 2 is 1.95 bits per heavy atom. The van der Waals surface area contributed by atoms with E-state index in [9.17, 15) is 5.26 Å². The standard InChI is InChI=1S/C16H15ClN2S/c17-14-7-6-13(11-19)16(10-14)20-15(8-9-18)12-4-2-1-3-5-12/h1-7,10,15H,8-9,18H2/t15-/m1/s1. The molecule has 0 amide bonds. The zero-order valence-corrected chi connectivity index (χ0v) is 12.5. The van der Waals surface area contributed by atoms with Crippen molar-refractivity contribution < 1.29 is 0 Å². The van der Waals surface area contributed by atoms with E-state index in [-0.39, 0.29) is 5.25 Å². The lowest BCUT2D eigenvalue weighted by Gasteiger charge is -2.17. The average Bonchev–Trinajstić information content (AvgIpc) is 2.48. The van der Waals surface area contributed by atoms with Crippen molar-refractivity contribution in [3.8, 4) is 6.07 Å². The summed E-state index contributed by atoms with van der Waals surface area (Å²) in [5.41, 5.74) is 7.58. The Morgan fingerprint density at radius 1 is 1.20 bits per heavy atom. The Bertz CT molecular complexity index is 608. The molecule has 0 aliphatic carbocycles. The smallest absolute Gasteiger partial charge is 0.100 e. The Kier molecular flexibility index (Phi) is 5.49. The highest BCUT2D eigenvalue weighted by Gasteiger charge is 2.14. The van der Waals surface area contributed by atoms with Crippen LogP contribution >= 0.6 is 23.4 Å². The summed E-state index contributed by atoms with van der Waals surface area (Å²) in [6.07, 6.45) is 0.853. The van der Waals surface area contributed by atoms with Gasteiger partial charge in [-0.3, -0.25) is 0 Å². The first kappa shape index (κ1) is 14.9. The second-order valence-electron chi connectivity index (χ2n) is 4.35. The first-order valence-electron chi connectivity index (χ1n) is 6.36. The molecule has 0 aliphatic rings.